The van der Waals surface area contributed by atoms with Crippen molar-refractivity contribution in [3.8, 4) is 17.5 Å². The van der Waals surface area contributed by atoms with Crippen LogP contribution in [0.15, 0.2) is 36.4 Å². The van der Waals surface area contributed by atoms with Gasteiger partial charge in [0, 0.05) is 31.2 Å². The third-order valence-corrected chi connectivity index (χ3v) is 15.6. The molecular weight excluding hydrogens is 801 g/mol. The zero-order valence-electron chi connectivity index (χ0n) is 35.8. The van der Waals surface area contributed by atoms with E-state index in [1.165, 1.54) is 12.0 Å². The molecule has 16 heteroatoms. The second-order valence-electron chi connectivity index (χ2n) is 18.2. The number of amides is 2. The summed E-state index contributed by atoms with van der Waals surface area (Å²) in [7, 11) is -1.02. The number of nitrogens with zero attached hydrogens (tertiary/aromatic N) is 2. The topological polar surface area (TPSA) is 168 Å². The number of benzene rings is 1. The molecule has 0 bridgehead atoms. The first-order valence-electron chi connectivity index (χ1n) is 20.9. The Hall–Kier alpha value is -4.34. The number of fused-ring (bicyclic) bond motifs is 3. The first kappa shape index (κ1) is 45.2. The van der Waals surface area contributed by atoms with E-state index in [2.05, 4.69) is 9.71 Å². The van der Waals surface area contributed by atoms with Gasteiger partial charge in [-0.2, -0.15) is 4.98 Å². The van der Waals surface area contributed by atoms with Gasteiger partial charge in [0.1, 0.15) is 11.9 Å². The maximum atomic E-state index is 15.1. The van der Waals surface area contributed by atoms with Gasteiger partial charge in [-0.05, 0) is 101 Å². The van der Waals surface area contributed by atoms with Crippen LogP contribution in [0.5, 0.6) is 17.5 Å². The summed E-state index contributed by atoms with van der Waals surface area (Å²) in [6.45, 7) is 8.33. The van der Waals surface area contributed by atoms with Gasteiger partial charge in [-0.3, -0.25) is 23.9 Å². The average Bonchev–Trinajstić information content (AvgIpc) is 4.06. The molecule has 3 fully saturated rings. The summed E-state index contributed by atoms with van der Waals surface area (Å²) in [6.07, 6.45) is 5.63. The third kappa shape index (κ3) is 9.28. The Balaban J connectivity index is 1.39. The fraction of sp³-hybridized carbons (Fsp3) is 0.659. The lowest BCUT2D eigenvalue weighted by Gasteiger charge is -2.35. The average molecular weight is 860 g/mol. The summed E-state index contributed by atoms with van der Waals surface area (Å²) in [5, 5.41) is 1.31. The molecule has 1 saturated heterocycles. The van der Waals surface area contributed by atoms with Gasteiger partial charge in [-0.1, -0.05) is 32.4 Å². The van der Waals surface area contributed by atoms with Gasteiger partial charge in [-0.25, -0.2) is 17.2 Å². The summed E-state index contributed by atoms with van der Waals surface area (Å²) in [4.78, 5) is 63.5. The summed E-state index contributed by atoms with van der Waals surface area (Å²) < 4.78 is 79.6. The number of hydrogen-bond donors (Lipinski definition) is 1. The van der Waals surface area contributed by atoms with E-state index in [-0.39, 0.29) is 49.4 Å². The van der Waals surface area contributed by atoms with Crippen LogP contribution >= 0.6 is 0 Å². The van der Waals surface area contributed by atoms with Gasteiger partial charge >= 0.3 is 5.97 Å². The van der Waals surface area contributed by atoms with Crippen molar-refractivity contribution in [1.29, 1.82) is 0 Å². The molecule has 330 valence electrons. The van der Waals surface area contributed by atoms with Crippen molar-refractivity contribution in [1.82, 2.24) is 14.6 Å². The molecule has 6 rings (SSSR count). The molecule has 2 saturated carbocycles. The monoisotopic (exact) mass is 859 g/mol. The number of ether oxygens (including phenoxy) is 4. The molecule has 3 heterocycles. The van der Waals surface area contributed by atoms with Crippen molar-refractivity contribution >= 4 is 44.4 Å². The highest BCUT2D eigenvalue weighted by Crippen LogP contribution is 2.58. The number of pyridine rings is 1. The lowest BCUT2D eigenvalue weighted by molar-refractivity contribution is -0.197. The predicted molar refractivity (Wildman–Crippen MR) is 219 cm³/mol. The minimum Gasteiger partial charge on any atom is -0.497 e. The van der Waals surface area contributed by atoms with E-state index in [1.807, 2.05) is 26.0 Å². The second kappa shape index (κ2) is 16.8. The number of rotatable bonds is 12. The summed E-state index contributed by atoms with van der Waals surface area (Å²) in [5.74, 6) is -6.82. The number of esters is 1. The normalized spacial score (nSPS) is 29.0. The highest BCUT2D eigenvalue weighted by molar-refractivity contribution is 7.91. The van der Waals surface area contributed by atoms with Crippen molar-refractivity contribution in [2.75, 3.05) is 20.8 Å². The van der Waals surface area contributed by atoms with E-state index < -0.39 is 85.7 Å². The smallest absolute Gasteiger partial charge is 0.307 e. The molecule has 0 spiro atoms. The zero-order chi connectivity index (χ0) is 44.0. The Morgan fingerprint density at radius 2 is 1.78 bits per heavy atom. The maximum Gasteiger partial charge on any atom is 0.307 e. The number of halogens is 2. The molecule has 13 nitrogen and oxygen atoms in total. The van der Waals surface area contributed by atoms with Crippen LogP contribution in [0.2, 0.25) is 0 Å². The van der Waals surface area contributed by atoms with E-state index in [4.69, 9.17) is 18.9 Å². The standard InChI is InChI=1S/C44H59F2N3O10S/c1-9-27-18-26(2)12-10-11-13-29-23-44(29,40(53)48-60(54,55)42(5)16-17-42)24-35(50)34-21-31(58-38-32-15-14-30(56-7)19-28(32)20-36(47-38)57-8)25-49(34)39(52)33(27)22-37(51)59-41(3,4)43(6,45)46/h11,13-15,19-20,26-27,29,31,33-34H,9-10,12,16-18,21-25H2,1-8H3,(H,48,53)/b13-11-/t26-,27-,29-,31-,33+,34+,44-/m1/s1. The number of carbonyl (C=O) groups excluding carboxylic acids is 4. The van der Waals surface area contributed by atoms with Crippen LogP contribution in [-0.2, 0) is 33.9 Å². The molecule has 1 aromatic carbocycles. The SMILES string of the molecule is CC[C@@H]1C[C@H](C)CC/C=C\[C@@H]2C[C@@]2(C(=O)NS(=O)(=O)C2(C)CC2)CC(=O)[C@@H]2C[C@@H](Oc3nc(OC)cc4cc(OC)ccc34)CN2C(=O)[C@H]1CC(=O)OC(C)(C)C(C)(F)F. The van der Waals surface area contributed by atoms with Crippen LogP contribution in [0.3, 0.4) is 0 Å². The Morgan fingerprint density at radius 3 is 2.42 bits per heavy atom. The zero-order valence-corrected chi connectivity index (χ0v) is 36.7. The van der Waals surface area contributed by atoms with Crippen LogP contribution < -0.4 is 18.9 Å². The van der Waals surface area contributed by atoms with E-state index in [0.29, 0.717) is 62.0 Å². The van der Waals surface area contributed by atoms with Crippen molar-refractivity contribution in [2.45, 2.75) is 134 Å². The van der Waals surface area contributed by atoms with E-state index in [1.54, 1.807) is 38.3 Å². The first-order chi connectivity index (χ1) is 28.1. The van der Waals surface area contributed by atoms with Crippen LogP contribution in [0.25, 0.3) is 10.8 Å². The molecule has 1 N–H and O–H groups in total. The Bertz CT molecular complexity index is 2130. The highest BCUT2D eigenvalue weighted by Gasteiger charge is 2.63. The fourth-order valence-electron chi connectivity index (χ4n) is 8.60. The van der Waals surface area contributed by atoms with Gasteiger partial charge < -0.3 is 23.8 Å². The number of Topliss-reactive ketones (excluding diaryl/α,β-unsaturated/α-hetero) is 1. The molecule has 2 amide bonds. The van der Waals surface area contributed by atoms with E-state index in [9.17, 15) is 31.6 Å². The number of nitrogens with one attached hydrogen (secondary N) is 1. The molecule has 0 unspecified atom stereocenters. The minimum atomic E-state index is -4.02. The number of ketones is 1. The van der Waals surface area contributed by atoms with E-state index in [0.717, 1.165) is 13.8 Å². The quantitative estimate of drug-likeness (QED) is 0.173. The van der Waals surface area contributed by atoms with Crippen molar-refractivity contribution < 1.29 is 55.3 Å². The van der Waals surface area contributed by atoms with Gasteiger partial charge in [0.05, 0.1) is 49.3 Å². The summed E-state index contributed by atoms with van der Waals surface area (Å²) >= 11 is 0. The van der Waals surface area contributed by atoms with Gasteiger partial charge in [-0.15, -0.1) is 0 Å². The van der Waals surface area contributed by atoms with Gasteiger partial charge in [0.25, 0.3) is 5.92 Å². The van der Waals surface area contributed by atoms with E-state index >= 15 is 4.79 Å². The lowest BCUT2D eigenvalue weighted by Crippen LogP contribution is -2.49. The molecule has 1 aromatic heterocycles. The van der Waals surface area contributed by atoms with Crippen LogP contribution in [0, 0.1) is 29.1 Å². The number of alkyl halides is 2. The highest BCUT2D eigenvalue weighted by atomic mass is 32.2. The van der Waals surface area contributed by atoms with Crippen molar-refractivity contribution in [2.24, 2.45) is 29.1 Å². The van der Waals surface area contributed by atoms with Gasteiger partial charge in [0.2, 0.25) is 33.6 Å². The molecule has 2 aromatic rings. The maximum absolute atomic E-state index is 15.1. The third-order valence-electron chi connectivity index (χ3n) is 13.4. The van der Waals surface area contributed by atoms with Crippen LogP contribution in [-0.4, -0.2) is 91.0 Å². The Morgan fingerprint density at radius 1 is 1.07 bits per heavy atom. The molecule has 0 radical (unpaired) electrons. The minimum absolute atomic E-state index is 0.00483. The Kier molecular flexibility index (Phi) is 12.7. The fourth-order valence-corrected chi connectivity index (χ4v) is 9.93. The molecular formula is C44H59F2N3O10S. The number of sulfonamides is 1. The molecule has 2 aliphatic carbocycles. The molecule has 60 heavy (non-hydrogen) atoms. The van der Waals surface area contributed by atoms with Crippen LogP contribution in [0.1, 0.15) is 106 Å². The predicted octanol–water partition coefficient (Wildman–Crippen LogP) is 6.95. The summed E-state index contributed by atoms with van der Waals surface area (Å²) in [5.41, 5.74) is -3.52. The number of hydrogen-bond acceptors (Lipinski definition) is 11. The largest absolute Gasteiger partial charge is 0.497 e. The molecule has 7 atom stereocenters. The summed E-state index contributed by atoms with van der Waals surface area (Å²) in [6, 6.07) is 5.89. The first-order valence-corrected chi connectivity index (χ1v) is 22.4. The molecule has 4 aliphatic rings. The van der Waals surface area contributed by atoms with Gasteiger partial charge in [0.15, 0.2) is 11.4 Å². The number of carbonyl (C=O) groups is 4. The Labute approximate surface area is 351 Å². The van der Waals surface area contributed by atoms with Crippen molar-refractivity contribution in [3.63, 3.8) is 0 Å². The van der Waals surface area contributed by atoms with Crippen molar-refractivity contribution in [3.05, 3.63) is 36.4 Å². The number of allylic oxidation sites excluding steroid dienone is 2. The molecule has 2 aliphatic heterocycles. The van der Waals surface area contributed by atoms with Crippen LogP contribution in [0.4, 0.5) is 8.78 Å². The number of methoxy groups -OCH3 is 2. The number of aromatic nitrogens is 1. The second-order valence-corrected chi connectivity index (χ2v) is 20.4. The lowest BCUT2D eigenvalue weighted by atomic mass is 9.79.